The maximum Gasteiger partial charge on any atom is 0.317 e. The topological polar surface area (TPSA) is 232 Å². The zero-order valence-electron chi connectivity index (χ0n) is 89.3. The Labute approximate surface area is 771 Å². The summed E-state index contributed by atoms with van der Waals surface area (Å²) in [5.41, 5.74) is -0.447. The van der Waals surface area contributed by atoms with Crippen molar-refractivity contribution in [1.29, 1.82) is 0 Å². The van der Waals surface area contributed by atoms with E-state index < -0.39 is 167 Å². The summed E-state index contributed by atoms with van der Waals surface area (Å²) in [7, 11) is -34.5. The summed E-state index contributed by atoms with van der Waals surface area (Å²) >= 11 is 0. The number of rotatable bonds is 64. The summed E-state index contributed by atoms with van der Waals surface area (Å²) in [6.45, 7) is 109. The van der Waals surface area contributed by atoms with E-state index in [0.717, 1.165) is 140 Å². The molecule has 18 nitrogen and oxygen atoms in total. The lowest BCUT2D eigenvalue weighted by atomic mass is 9.77. The third-order valence-corrected chi connectivity index (χ3v) is 80.8. The molecule has 121 heavy (non-hydrogen) atoms. The van der Waals surface area contributed by atoms with Gasteiger partial charge in [-0.15, -0.1) is 0 Å². The molecule has 6 atom stereocenters. The molecule has 0 saturated heterocycles. The van der Waals surface area contributed by atoms with Gasteiger partial charge in [-0.2, -0.15) is 0 Å². The third-order valence-electron chi connectivity index (χ3n) is 21.2. The molecule has 0 saturated carbocycles. The van der Waals surface area contributed by atoms with Crippen LogP contribution in [0.15, 0.2) is 0 Å². The summed E-state index contributed by atoms with van der Waals surface area (Å²) in [4.78, 5) is 0. The van der Waals surface area contributed by atoms with E-state index in [-0.39, 0.29) is 39.6 Å². The molecule has 0 bridgehead atoms. The highest BCUT2D eigenvalue weighted by atomic mass is 28.5. The van der Waals surface area contributed by atoms with Gasteiger partial charge in [0, 0.05) is 16.2 Å². The van der Waals surface area contributed by atoms with Crippen LogP contribution < -0.4 is 0 Å². The molecular weight excluding hydrogens is 1810 g/mol. The van der Waals surface area contributed by atoms with Gasteiger partial charge in [0.05, 0.1) is 39.6 Å². The van der Waals surface area contributed by atoms with Gasteiger partial charge in [0.25, 0.3) is 0 Å². The Balaban J connectivity index is -0.00000173. The van der Waals surface area contributed by atoms with E-state index in [1.165, 1.54) is 0 Å². The average Bonchev–Trinajstić information content (AvgIpc) is 0.822. The highest BCUT2D eigenvalue weighted by molar-refractivity contribution is 6.92. The van der Waals surface area contributed by atoms with Crippen LogP contribution in [0.1, 0.15) is 157 Å². The minimum Gasteiger partial charge on any atom is -0.437 e. The van der Waals surface area contributed by atoms with Crippen molar-refractivity contribution in [1.82, 2.24) is 0 Å². The first-order valence-electron chi connectivity index (χ1n) is 47.6. The summed E-state index contributed by atoms with van der Waals surface area (Å²) < 4.78 is 80.9. The molecule has 0 rings (SSSR count). The smallest absolute Gasteiger partial charge is 0.317 e. The summed E-state index contributed by atoms with van der Waals surface area (Å²) in [5, 5.41) is 62.4. The van der Waals surface area contributed by atoms with E-state index in [2.05, 4.69) is 317 Å². The van der Waals surface area contributed by atoms with Crippen molar-refractivity contribution in [2.24, 2.45) is 39.9 Å². The van der Waals surface area contributed by atoms with Gasteiger partial charge in [-0.3, -0.25) is 0 Å². The maximum atomic E-state index is 10.5. The molecule has 0 aromatic carbocycles. The van der Waals surface area contributed by atoms with Crippen LogP contribution in [0.3, 0.4) is 0 Å². The lowest BCUT2D eigenvalue weighted by Gasteiger charge is -2.42. The normalized spacial score (nSPS) is 16.3. The van der Waals surface area contributed by atoms with Gasteiger partial charge in [-0.1, -0.05) is 106 Å². The van der Waals surface area contributed by atoms with E-state index in [9.17, 15) is 30.6 Å². The standard InChI is InChI=1S/2C29H72O6Si6.C27H68O6Si6/c1-27(23-40(15,32-36(3,4)5)33-37(6,7)8)19-17-21-29(25-30,26-31)22-18-20-28(2)24-41(16,34-38(9,10)11)35-39(12,13)14;1-27(40(15,32-36(3,4)5)33-37(6,7)8)21-17-19-23-29(25-30,26-31)24-20-18-22-28(2)41(16,34-38(9,10)11)35-39(12,13)14;1-25(21-38(15,30-34(3,4)5)31-35(6,7)8)17-19-27(23-28,24-29)20-18-26(2)22-39(16,32-36(9,10)11)33-37(12,13)14/h2*27-28,30-31H,17-26H2,1-16H3;25-26,28-29H,17-24H2,1-16H3. The van der Waals surface area contributed by atoms with E-state index in [0.29, 0.717) is 34.8 Å². The summed E-state index contributed by atoms with van der Waals surface area (Å²) in [6.07, 6.45) is 17.4. The maximum absolute atomic E-state index is 10.5. The summed E-state index contributed by atoms with van der Waals surface area (Å²) in [5.74, 6) is 1.81. The predicted octanol–water partition coefficient (Wildman–Crippen LogP) is 26.9. The van der Waals surface area contributed by atoms with Gasteiger partial charge >= 0.3 is 51.4 Å². The second-order valence-electron chi connectivity index (χ2n) is 51.0. The Morgan fingerprint density at radius 2 is 0.331 bits per heavy atom. The number of unbranched alkanes of at least 4 members (excludes halogenated alkanes) is 2. The third kappa shape index (κ3) is 64.7. The van der Waals surface area contributed by atoms with E-state index in [1.807, 2.05) is 0 Å². The Hall–Kier alpha value is 3.18. The largest absolute Gasteiger partial charge is 0.437 e. The zero-order valence-corrected chi connectivity index (χ0v) is 107. The second-order valence-corrected chi connectivity index (χ2v) is 128. The number of hydrogen-bond donors (Lipinski definition) is 6. The van der Waals surface area contributed by atoms with E-state index in [1.54, 1.807) is 0 Å². The first-order valence-corrected chi connectivity index (χ1v) is 103. The lowest BCUT2D eigenvalue weighted by molar-refractivity contribution is 0.0308. The quantitative estimate of drug-likeness (QED) is 0.0245. The molecule has 0 aliphatic carbocycles. The molecular formula is C85H212O18Si18. The molecule has 0 fully saturated rings. The fraction of sp³-hybridized carbons (Fsp3) is 1.00. The van der Waals surface area contributed by atoms with Crippen molar-refractivity contribution in [3.8, 4) is 0 Å². The SMILES string of the molecule is CC(CCC(CO)(CO)CCC(C)C[Si](C)(O[Si](C)(C)C)O[Si](C)(C)C)C[Si](C)(O[Si](C)(C)C)O[Si](C)(C)C.CC(CCCC(CO)(CO)CCCC(C)C[Si](C)(O[Si](C)(C)C)O[Si](C)(C)C)C[Si](C)(O[Si](C)(C)C)O[Si](C)(C)C.CC(CCCCC(CO)(CO)CCCCC(C)[Si](C)(O[Si](C)(C)C)O[Si](C)(C)C)[Si](C)(O[Si](C)(C)C)O[Si](C)(C)C. The van der Waals surface area contributed by atoms with E-state index in [4.69, 9.17) is 49.4 Å². The van der Waals surface area contributed by atoms with Gasteiger partial charge in [0.15, 0.2) is 99.8 Å². The molecule has 0 aliphatic rings. The highest BCUT2D eigenvalue weighted by Crippen LogP contribution is 2.43. The van der Waals surface area contributed by atoms with Crippen LogP contribution in [0.25, 0.3) is 0 Å². The molecule has 0 heterocycles. The minimum atomic E-state index is -2.32. The molecule has 0 aromatic heterocycles. The van der Waals surface area contributed by atoms with Gasteiger partial charge < -0.3 is 80.0 Å². The average molecular weight is 2030 g/mol. The molecule has 0 spiro atoms. The highest BCUT2D eigenvalue weighted by Gasteiger charge is 2.50. The van der Waals surface area contributed by atoms with Crippen LogP contribution in [-0.4, -0.2) is 221 Å². The molecule has 0 radical (unpaired) electrons. The Bertz CT molecular complexity index is 2500. The van der Waals surface area contributed by atoms with Crippen molar-refractivity contribution < 1.29 is 80.0 Å². The van der Waals surface area contributed by atoms with Crippen molar-refractivity contribution in [2.45, 2.75) is 467 Å². The zero-order chi connectivity index (χ0) is 96.2. The first kappa shape index (κ1) is 128. The number of hydrogen-bond acceptors (Lipinski definition) is 18. The van der Waals surface area contributed by atoms with Gasteiger partial charge in [0.1, 0.15) is 0 Å². The van der Waals surface area contributed by atoms with Crippen molar-refractivity contribution in [3.05, 3.63) is 0 Å². The Morgan fingerprint density at radius 1 is 0.182 bits per heavy atom. The molecule has 36 heteroatoms. The van der Waals surface area contributed by atoms with Crippen molar-refractivity contribution in [3.63, 3.8) is 0 Å². The van der Waals surface area contributed by atoms with Crippen molar-refractivity contribution >= 4 is 151 Å². The second kappa shape index (κ2) is 52.5. The van der Waals surface area contributed by atoms with Crippen LogP contribution >= 0.6 is 0 Å². The number of aliphatic hydroxyl groups is 6. The minimum absolute atomic E-state index is 0.0138. The summed E-state index contributed by atoms with van der Waals surface area (Å²) in [6, 6.07) is 3.92. The molecule has 0 amide bonds. The van der Waals surface area contributed by atoms with Gasteiger partial charge in [-0.05, 0) is 385 Å². The molecule has 732 valence electrons. The van der Waals surface area contributed by atoms with Crippen LogP contribution in [0, 0.1) is 39.9 Å². The van der Waals surface area contributed by atoms with Gasteiger partial charge in [0.2, 0.25) is 0 Å². The van der Waals surface area contributed by atoms with Crippen LogP contribution in [0.4, 0.5) is 0 Å². The predicted molar refractivity (Wildman–Crippen MR) is 571 cm³/mol. The Morgan fingerprint density at radius 3 is 0.488 bits per heavy atom. The molecule has 6 unspecified atom stereocenters. The fourth-order valence-corrected chi connectivity index (χ4v) is 95.4. The van der Waals surface area contributed by atoms with Gasteiger partial charge in [-0.25, -0.2) is 0 Å². The molecule has 0 aromatic rings. The lowest BCUT2D eigenvalue weighted by Crippen LogP contribution is -2.55. The van der Waals surface area contributed by atoms with Crippen molar-refractivity contribution in [2.75, 3.05) is 39.6 Å². The van der Waals surface area contributed by atoms with Crippen LogP contribution in [0.2, 0.25) is 310 Å². The van der Waals surface area contributed by atoms with Crippen LogP contribution in [0.5, 0.6) is 0 Å². The van der Waals surface area contributed by atoms with E-state index >= 15 is 0 Å². The molecule has 0 aliphatic heterocycles. The first-order chi connectivity index (χ1) is 53.5. The Kier molecular flexibility index (Phi) is 55.7. The van der Waals surface area contributed by atoms with Crippen LogP contribution in [-0.2, 0) is 49.4 Å². The fourth-order valence-electron chi connectivity index (χ4n) is 18.1. The molecule has 6 N–H and O–H groups in total. The number of aliphatic hydroxyl groups excluding tert-OH is 6. The monoisotopic (exact) mass is 2030 g/mol.